The van der Waals surface area contributed by atoms with Gasteiger partial charge in [0.05, 0.1) is 10.4 Å². The second kappa shape index (κ2) is 4.70. The molecule has 20 heavy (non-hydrogen) atoms. The first-order valence-corrected chi connectivity index (χ1v) is 7.57. The first-order valence-electron chi connectivity index (χ1n) is 6.03. The number of nitrogens with zero attached hydrogens (tertiary/aromatic N) is 1. The van der Waals surface area contributed by atoms with Gasteiger partial charge in [0.2, 0.25) is 10.0 Å². The van der Waals surface area contributed by atoms with Gasteiger partial charge in [0.25, 0.3) is 0 Å². The van der Waals surface area contributed by atoms with E-state index >= 15 is 0 Å². The van der Waals surface area contributed by atoms with Gasteiger partial charge >= 0.3 is 0 Å². The lowest BCUT2D eigenvalue weighted by Crippen LogP contribution is -2.13. The van der Waals surface area contributed by atoms with Crippen molar-refractivity contribution in [1.29, 1.82) is 0 Å². The van der Waals surface area contributed by atoms with E-state index in [1.54, 1.807) is 24.4 Å². The highest BCUT2D eigenvalue weighted by Gasteiger charge is 2.14. The monoisotopic (exact) mass is 284 g/mol. The average Bonchev–Trinajstić information content (AvgIpc) is 2.46. The molecule has 1 aromatic heterocycles. The number of aromatic nitrogens is 1. The highest BCUT2D eigenvalue weighted by molar-refractivity contribution is 7.89. The number of rotatable bonds is 2. The molecule has 5 heteroatoms. The molecule has 0 fully saturated rings. The minimum atomic E-state index is -3.76. The Kier molecular flexibility index (Phi) is 3.00. The van der Waals surface area contributed by atoms with Crippen molar-refractivity contribution < 1.29 is 8.42 Å². The molecule has 0 saturated heterocycles. The van der Waals surface area contributed by atoms with E-state index < -0.39 is 10.0 Å². The largest absolute Gasteiger partial charge is 0.256 e. The average molecular weight is 284 g/mol. The number of benzene rings is 2. The standard InChI is InChI=1S/C15H12N2O2S/c16-20(18,19)15-6-2-1-5-13(15)12-8-7-11-4-3-9-17-14(11)10-12/h1-10H,(H2,16,18,19). The lowest BCUT2D eigenvalue weighted by Gasteiger charge is -2.08. The normalized spacial score (nSPS) is 11.7. The summed E-state index contributed by atoms with van der Waals surface area (Å²) in [6.07, 6.45) is 1.71. The molecular weight excluding hydrogens is 272 g/mol. The predicted octanol–water partition coefficient (Wildman–Crippen LogP) is 2.55. The van der Waals surface area contributed by atoms with E-state index in [1.807, 2.05) is 30.3 Å². The lowest BCUT2D eigenvalue weighted by molar-refractivity contribution is 0.598. The maximum absolute atomic E-state index is 11.7. The van der Waals surface area contributed by atoms with Crippen molar-refractivity contribution in [2.45, 2.75) is 4.90 Å². The van der Waals surface area contributed by atoms with Gasteiger partial charge in [-0.1, -0.05) is 36.4 Å². The molecule has 4 nitrogen and oxygen atoms in total. The fourth-order valence-corrected chi connectivity index (χ4v) is 2.95. The summed E-state index contributed by atoms with van der Waals surface area (Å²) in [4.78, 5) is 4.40. The van der Waals surface area contributed by atoms with Gasteiger partial charge in [-0.05, 0) is 23.8 Å². The second-order valence-corrected chi connectivity index (χ2v) is 5.98. The number of nitrogens with two attached hydrogens (primary N) is 1. The van der Waals surface area contributed by atoms with Gasteiger partial charge in [-0.25, -0.2) is 13.6 Å². The molecule has 2 N–H and O–H groups in total. The molecule has 3 rings (SSSR count). The molecule has 0 radical (unpaired) electrons. The molecule has 100 valence electrons. The van der Waals surface area contributed by atoms with Gasteiger partial charge in [-0.3, -0.25) is 4.98 Å². The summed E-state index contributed by atoms with van der Waals surface area (Å²) >= 11 is 0. The zero-order valence-electron chi connectivity index (χ0n) is 10.5. The van der Waals surface area contributed by atoms with Crippen LogP contribution in [0.1, 0.15) is 0 Å². The van der Waals surface area contributed by atoms with Crippen molar-refractivity contribution in [3.63, 3.8) is 0 Å². The van der Waals surface area contributed by atoms with Crippen molar-refractivity contribution in [3.05, 3.63) is 60.8 Å². The highest BCUT2D eigenvalue weighted by atomic mass is 32.2. The van der Waals surface area contributed by atoms with Crippen LogP contribution in [0.15, 0.2) is 65.7 Å². The van der Waals surface area contributed by atoms with E-state index in [9.17, 15) is 8.42 Å². The summed E-state index contributed by atoms with van der Waals surface area (Å²) in [5.41, 5.74) is 2.18. The third-order valence-corrected chi connectivity index (χ3v) is 4.08. The van der Waals surface area contributed by atoms with Crippen LogP contribution >= 0.6 is 0 Å². The molecule has 0 aliphatic heterocycles. The summed E-state index contributed by atoms with van der Waals surface area (Å²) in [7, 11) is -3.76. The molecule has 3 aromatic rings. The van der Waals surface area contributed by atoms with Crippen LogP contribution in [0.4, 0.5) is 0 Å². The Morgan fingerprint density at radius 2 is 1.75 bits per heavy atom. The van der Waals surface area contributed by atoms with Crippen LogP contribution in [0.25, 0.3) is 22.0 Å². The summed E-state index contributed by atoms with van der Waals surface area (Å²) in [5, 5.41) is 6.27. The van der Waals surface area contributed by atoms with Crippen LogP contribution < -0.4 is 5.14 Å². The molecule has 0 atom stereocenters. The Morgan fingerprint density at radius 3 is 2.55 bits per heavy atom. The van der Waals surface area contributed by atoms with E-state index in [0.29, 0.717) is 5.56 Å². The fourth-order valence-electron chi connectivity index (χ4n) is 2.19. The van der Waals surface area contributed by atoms with E-state index in [0.717, 1.165) is 16.5 Å². The number of fused-ring (bicyclic) bond motifs is 1. The molecule has 0 bridgehead atoms. The maximum Gasteiger partial charge on any atom is 0.238 e. The Hall–Kier alpha value is -2.24. The number of hydrogen-bond acceptors (Lipinski definition) is 3. The van der Waals surface area contributed by atoms with Crippen LogP contribution in [0.3, 0.4) is 0 Å². The molecule has 0 aliphatic carbocycles. The van der Waals surface area contributed by atoms with Gasteiger partial charge in [-0.15, -0.1) is 0 Å². The smallest absolute Gasteiger partial charge is 0.238 e. The molecule has 2 aromatic carbocycles. The third kappa shape index (κ3) is 2.29. The topological polar surface area (TPSA) is 73.1 Å². The Morgan fingerprint density at radius 1 is 0.950 bits per heavy atom. The van der Waals surface area contributed by atoms with Crippen molar-refractivity contribution in [1.82, 2.24) is 4.98 Å². The summed E-state index contributed by atoms with van der Waals surface area (Å²) < 4.78 is 23.3. The molecule has 0 unspecified atom stereocenters. The number of sulfonamides is 1. The van der Waals surface area contributed by atoms with E-state index in [-0.39, 0.29) is 4.90 Å². The van der Waals surface area contributed by atoms with Crippen molar-refractivity contribution in [3.8, 4) is 11.1 Å². The van der Waals surface area contributed by atoms with Crippen LogP contribution in [0, 0.1) is 0 Å². The first kappa shape index (κ1) is 12.8. The van der Waals surface area contributed by atoms with Gasteiger partial charge < -0.3 is 0 Å². The zero-order chi connectivity index (χ0) is 14.2. The van der Waals surface area contributed by atoms with Crippen LogP contribution in [-0.2, 0) is 10.0 Å². The minimum absolute atomic E-state index is 0.121. The van der Waals surface area contributed by atoms with Crippen molar-refractivity contribution in [2.24, 2.45) is 5.14 Å². The summed E-state index contributed by atoms with van der Waals surface area (Å²) in [5.74, 6) is 0. The van der Waals surface area contributed by atoms with E-state index in [1.165, 1.54) is 6.07 Å². The Bertz CT molecular complexity index is 889. The maximum atomic E-state index is 11.7. The van der Waals surface area contributed by atoms with Crippen LogP contribution in [-0.4, -0.2) is 13.4 Å². The van der Waals surface area contributed by atoms with Gasteiger partial charge in [0.1, 0.15) is 0 Å². The first-order chi connectivity index (χ1) is 9.55. The van der Waals surface area contributed by atoms with Gasteiger partial charge in [0.15, 0.2) is 0 Å². The van der Waals surface area contributed by atoms with Crippen molar-refractivity contribution >= 4 is 20.9 Å². The van der Waals surface area contributed by atoms with Crippen molar-refractivity contribution in [2.75, 3.05) is 0 Å². The van der Waals surface area contributed by atoms with E-state index in [4.69, 9.17) is 5.14 Å². The summed E-state index contributed by atoms with van der Waals surface area (Å²) in [6.45, 7) is 0. The Balaban J connectivity index is 2.26. The lowest BCUT2D eigenvalue weighted by atomic mass is 10.0. The van der Waals surface area contributed by atoms with Crippen LogP contribution in [0.2, 0.25) is 0 Å². The molecule has 0 aliphatic rings. The molecule has 0 saturated carbocycles. The number of primary sulfonamides is 1. The van der Waals surface area contributed by atoms with E-state index in [2.05, 4.69) is 4.98 Å². The highest BCUT2D eigenvalue weighted by Crippen LogP contribution is 2.28. The Labute approximate surface area is 116 Å². The number of hydrogen-bond donors (Lipinski definition) is 1. The molecule has 0 amide bonds. The second-order valence-electron chi connectivity index (χ2n) is 4.45. The summed E-state index contributed by atoms with van der Waals surface area (Å²) in [6, 6.07) is 16.1. The van der Waals surface area contributed by atoms with Gasteiger partial charge in [-0.2, -0.15) is 0 Å². The number of pyridine rings is 1. The molecular formula is C15H12N2O2S. The molecule has 1 heterocycles. The fraction of sp³-hybridized carbons (Fsp3) is 0. The minimum Gasteiger partial charge on any atom is -0.256 e. The predicted molar refractivity (Wildman–Crippen MR) is 78.6 cm³/mol. The zero-order valence-corrected chi connectivity index (χ0v) is 11.3. The third-order valence-electron chi connectivity index (χ3n) is 3.11. The quantitative estimate of drug-likeness (QED) is 0.786. The van der Waals surface area contributed by atoms with Crippen LogP contribution in [0.5, 0.6) is 0 Å². The van der Waals surface area contributed by atoms with Gasteiger partial charge in [0, 0.05) is 17.1 Å². The SMILES string of the molecule is NS(=O)(=O)c1ccccc1-c1ccc2cccnc2c1. The molecule has 0 spiro atoms.